The molecule has 0 bridgehead atoms. The molecule has 0 unspecified atom stereocenters. The molecule has 0 aliphatic carbocycles. The van der Waals surface area contributed by atoms with Gasteiger partial charge in [0.15, 0.2) is 0 Å². The summed E-state index contributed by atoms with van der Waals surface area (Å²) in [4.78, 5) is 0. The van der Waals surface area contributed by atoms with Gasteiger partial charge in [-0.2, -0.15) is 0 Å². The van der Waals surface area contributed by atoms with E-state index in [0.29, 0.717) is 6.54 Å². The summed E-state index contributed by atoms with van der Waals surface area (Å²) in [6.45, 7) is 5.11. The first kappa shape index (κ1) is 8.96. The monoisotopic (exact) mass is 128 g/mol. The van der Waals surface area contributed by atoms with Crippen molar-refractivity contribution in [3.05, 3.63) is 0 Å². The van der Waals surface area contributed by atoms with E-state index in [9.17, 15) is 0 Å². The molecule has 0 aliphatic rings. The van der Waals surface area contributed by atoms with Crippen molar-refractivity contribution in [1.29, 1.82) is 0 Å². The van der Waals surface area contributed by atoms with Gasteiger partial charge in [0.25, 0.3) is 0 Å². The Labute approximate surface area is 58.6 Å². The number of hydrogen-bond donors (Lipinski definition) is 0. The fraction of sp³-hybridized carbons (Fsp3) is 1.00. The normalized spacial score (nSPS) is 10.7. The van der Waals surface area contributed by atoms with Crippen molar-refractivity contribution in [2.24, 2.45) is 5.92 Å². The molecular weight excluding hydrogens is 110 g/mol. The lowest BCUT2D eigenvalue weighted by Gasteiger charge is -2.01. The molecular formula is C8H18N. The molecule has 0 spiro atoms. The second kappa shape index (κ2) is 6.09. The van der Waals surface area contributed by atoms with E-state index in [1.54, 1.807) is 0 Å². The van der Waals surface area contributed by atoms with Crippen LogP contribution in [0.15, 0.2) is 0 Å². The fourth-order valence-corrected chi connectivity index (χ4v) is 0.854. The van der Waals surface area contributed by atoms with E-state index in [0.717, 1.165) is 12.3 Å². The summed E-state index contributed by atoms with van der Waals surface area (Å²) in [5, 5.41) is 0. The van der Waals surface area contributed by atoms with Gasteiger partial charge in [-0.25, -0.2) is 0 Å². The first-order chi connectivity index (χ1) is 4.27. The molecule has 0 heterocycles. The molecule has 55 valence electrons. The highest BCUT2D eigenvalue weighted by Gasteiger charge is 1.92. The zero-order valence-corrected chi connectivity index (χ0v) is 6.61. The Bertz CT molecular complexity index is 50.5. The molecule has 0 saturated heterocycles. The van der Waals surface area contributed by atoms with E-state index < -0.39 is 0 Å². The standard InChI is InChI=1S/C8H18N/c1-8(2)6-4-3-5-7-9/h8-9H,3-7H2,1-2H3. The van der Waals surface area contributed by atoms with Crippen LogP contribution in [-0.4, -0.2) is 6.54 Å². The highest BCUT2D eigenvalue weighted by molar-refractivity contribution is 4.46. The van der Waals surface area contributed by atoms with Crippen LogP contribution in [0.2, 0.25) is 0 Å². The van der Waals surface area contributed by atoms with E-state index in [2.05, 4.69) is 13.8 Å². The number of unbranched alkanes of at least 4 members (excludes halogenated alkanes) is 2. The summed E-state index contributed by atoms with van der Waals surface area (Å²) in [6.07, 6.45) is 4.99. The molecule has 1 N–H and O–H groups in total. The Morgan fingerprint density at radius 2 is 1.78 bits per heavy atom. The average molecular weight is 128 g/mol. The second-order valence-corrected chi connectivity index (χ2v) is 2.99. The SMILES string of the molecule is CC(C)CCCCC[NH]. The van der Waals surface area contributed by atoms with Crippen molar-refractivity contribution < 1.29 is 0 Å². The van der Waals surface area contributed by atoms with E-state index in [1.165, 1.54) is 19.3 Å². The third-order valence-corrected chi connectivity index (χ3v) is 1.46. The van der Waals surface area contributed by atoms with E-state index in [1.807, 2.05) is 0 Å². The van der Waals surface area contributed by atoms with Crippen LogP contribution < -0.4 is 5.73 Å². The molecule has 0 rings (SSSR count). The molecule has 0 amide bonds. The minimum absolute atomic E-state index is 0.609. The highest BCUT2D eigenvalue weighted by atomic mass is 14.5. The molecule has 0 fully saturated rings. The van der Waals surface area contributed by atoms with Gasteiger partial charge in [0.2, 0.25) is 0 Å². The van der Waals surface area contributed by atoms with Gasteiger partial charge in [-0.1, -0.05) is 33.1 Å². The molecule has 1 radical (unpaired) electrons. The Hall–Kier alpha value is -0.0400. The van der Waals surface area contributed by atoms with E-state index >= 15 is 0 Å². The average Bonchev–Trinajstić information content (AvgIpc) is 1.80. The van der Waals surface area contributed by atoms with Crippen LogP contribution in [0.3, 0.4) is 0 Å². The van der Waals surface area contributed by atoms with Crippen molar-refractivity contribution in [3.63, 3.8) is 0 Å². The number of nitrogens with one attached hydrogen (secondary N) is 1. The first-order valence-corrected chi connectivity index (χ1v) is 3.92. The molecule has 0 aliphatic heterocycles. The van der Waals surface area contributed by atoms with Crippen LogP contribution in [0.1, 0.15) is 39.5 Å². The predicted octanol–water partition coefficient (Wildman–Crippen LogP) is 2.49. The van der Waals surface area contributed by atoms with Crippen LogP contribution in [0.25, 0.3) is 0 Å². The van der Waals surface area contributed by atoms with Crippen molar-refractivity contribution in [2.45, 2.75) is 39.5 Å². The Kier molecular flexibility index (Phi) is 6.06. The number of rotatable bonds is 5. The molecule has 0 saturated carbocycles. The molecule has 0 aromatic heterocycles. The zero-order chi connectivity index (χ0) is 7.11. The third kappa shape index (κ3) is 7.96. The summed E-state index contributed by atoms with van der Waals surface area (Å²) in [5.74, 6) is 0.843. The minimum Gasteiger partial charge on any atom is -0.258 e. The molecule has 1 nitrogen and oxygen atoms in total. The van der Waals surface area contributed by atoms with Crippen LogP contribution in [0.4, 0.5) is 0 Å². The van der Waals surface area contributed by atoms with Crippen LogP contribution in [0.5, 0.6) is 0 Å². The highest BCUT2D eigenvalue weighted by Crippen LogP contribution is 2.06. The van der Waals surface area contributed by atoms with E-state index in [4.69, 9.17) is 5.73 Å². The maximum atomic E-state index is 6.89. The summed E-state index contributed by atoms with van der Waals surface area (Å²) in [5.41, 5.74) is 6.89. The van der Waals surface area contributed by atoms with Crippen molar-refractivity contribution in [1.82, 2.24) is 5.73 Å². The maximum absolute atomic E-state index is 6.89. The van der Waals surface area contributed by atoms with Crippen molar-refractivity contribution in [2.75, 3.05) is 6.54 Å². The Morgan fingerprint density at radius 1 is 1.11 bits per heavy atom. The maximum Gasteiger partial charge on any atom is 0.00997 e. The van der Waals surface area contributed by atoms with Gasteiger partial charge in [0.05, 0.1) is 0 Å². The molecule has 1 heteroatoms. The van der Waals surface area contributed by atoms with Gasteiger partial charge in [0, 0.05) is 6.54 Å². The largest absolute Gasteiger partial charge is 0.258 e. The van der Waals surface area contributed by atoms with Gasteiger partial charge in [0.1, 0.15) is 0 Å². The summed E-state index contributed by atoms with van der Waals surface area (Å²) in [7, 11) is 0. The topological polar surface area (TPSA) is 23.8 Å². The molecule has 0 atom stereocenters. The quantitative estimate of drug-likeness (QED) is 0.508. The van der Waals surface area contributed by atoms with Gasteiger partial charge in [-0.3, -0.25) is 5.73 Å². The minimum atomic E-state index is 0.609. The smallest absolute Gasteiger partial charge is 0.00997 e. The summed E-state index contributed by atoms with van der Waals surface area (Å²) in [6, 6.07) is 0. The van der Waals surface area contributed by atoms with Gasteiger partial charge in [-0.15, -0.1) is 0 Å². The predicted molar refractivity (Wildman–Crippen MR) is 41.3 cm³/mol. The lowest BCUT2D eigenvalue weighted by Crippen LogP contribution is -1.89. The lowest BCUT2D eigenvalue weighted by atomic mass is 10.1. The first-order valence-electron chi connectivity index (χ1n) is 3.92. The van der Waals surface area contributed by atoms with Crippen LogP contribution in [0, 0.1) is 5.92 Å². The third-order valence-electron chi connectivity index (χ3n) is 1.46. The molecule has 0 aromatic carbocycles. The van der Waals surface area contributed by atoms with Crippen LogP contribution >= 0.6 is 0 Å². The molecule has 0 aromatic rings. The van der Waals surface area contributed by atoms with Crippen molar-refractivity contribution >= 4 is 0 Å². The van der Waals surface area contributed by atoms with Crippen LogP contribution in [-0.2, 0) is 0 Å². The number of hydrogen-bond acceptors (Lipinski definition) is 0. The summed E-state index contributed by atoms with van der Waals surface area (Å²) >= 11 is 0. The second-order valence-electron chi connectivity index (χ2n) is 2.99. The zero-order valence-electron chi connectivity index (χ0n) is 6.61. The van der Waals surface area contributed by atoms with Gasteiger partial charge < -0.3 is 0 Å². The van der Waals surface area contributed by atoms with Gasteiger partial charge in [-0.05, 0) is 12.3 Å². The Morgan fingerprint density at radius 3 is 2.22 bits per heavy atom. The van der Waals surface area contributed by atoms with Crippen molar-refractivity contribution in [3.8, 4) is 0 Å². The Balaban J connectivity index is 2.75. The molecule has 9 heavy (non-hydrogen) atoms. The van der Waals surface area contributed by atoms with E-state index in [-0.39, 0.29) is 0 Å². The fourth-order valence-electron chi connectivity index (χ4n) is 0.854. The summed E-state index contributed by atoms with van der Waals surface area (Å²) < 4.78 is 0. The lowest BCUT2D eigenvalue weighted by molar-refractivity contribution is 0.528. The van der Waals surface area contributed by atoms with Gasteiger partial charge >= 0.3 is 0 Å².